The molecule has 0 aliphatic carbocycles. The van der Waals surface area contributed by atoms with Gasteiger partial charge < -0.3 is 20.6 Å². The number of carboxylic acid groups (broad SMARTS) is 1. The number of aliphatic hydroxyl groups is 2. The molecule has 1 unspecified atom stereocenters. The molecule has 0 aliphatic rings. The fourth-order valence-electron chi connectivity index (χ4n) is 0.736. The summed E-state index contributed by atoms with van der Waals surface area (Å²) in [6.45, 7) is 1.75. The first-order chi connectivity index (χ1) is 5.99. The maximum atomic E-state index is 10.9. The Balaban J connectivity index is 4.10. The van der Waals surface area contributed by atoms with E-state index in [0.717, 1.165) is 0 Å². The van der Waals surface area contributed by atoms with Crippen molar-refractivity contribution in [3.8, 4) is 0 Å². The van der Waals surface area contributed by atoms with E-state index in [-0.39, 0.29) is 6.42 Å². The van der Waals surface area contributed by atoms with Gasteiger partial charge in [0.15, 0.2) is 12.3 Å². The summed E-state index contributed by atoms with van der Waals surface area (Å²) in [4.78, 5) is 21.2. The minimum Gasteiger partial charge on any atom is -0.480 e. The highest BCUT2D eigenvalue weighted by molar-refractivity contribution is 5.83. The topological polar surface area (TPSA) is 107 Å². The van der Waals surface area contributed by atoms with Crippen molar-refractivity contribution < 1.29 is 24.9 Å². The standard InChI is InChI=1S/C7H13NO5/c1-2-3-4(9)8-5(6(10)11)7(12)13/h5-6,10-11H,2-3H2,1H3,(H,8,9)(H,12,13). The Morgan fingerprint density at radius 1 is 1.38 bits per heavy atom. The van der Waals surface area contributed by atoms with E-state index in [0.29, 0.717) is 6.42 Å². The van der Waals surface area contributed by atoms with E-state index in [1.54, 1.807) is 6.92 Å². The quantitative estimate of drug-likeness (QED) is 0.403. The average molecular weight is 191 g/mol. The molecule has 0 bridgehead atoms. The number of hydrogen-bond donors (Lipinski definition) is 4. The second-order valence-electron chi connectivity index (χ2n) is 2.55. The van der Waals surface area contributed by atoms with Crippen molar-refractivity contribution in [3.05, 3.63) is 0 Å². The van der Waals surface area contributed by atoms with Crippen LogP contribution in [-0.2, 0) is 9.59 Å². The Morgan fingerprint density at radius 3 is 2.23 bits per heavy atom. The molecule has 0 aromatic carbocycles. The molecular weight excluding hydrogens is 178 g/mol. The van der Waals surface area contributed by atoms with Gasteiger partial charge in [-0.1, -0.05) is 6.92 Å². The van der Waals surface area contributed by atoms with E-state index in [2.05, 4.69) is 0 Å². The maximum absolute atomic E-state index is 10.9. The molecule has 4 N–H and O–H groups in total. The summed E-state index contributed by atoms with van der Waals surface area (Å²) >= 11 is 0. The Bertz CT molecular complexity index is 191. The molecule has 0 aromatic rings. The van der Waals surface area contributed by atoms with Gasteiger partial charge in [0.25, 0.3) is 0 Å². The van der Waals surface area contributed by atoms with Crippen molar-refractivity contribution >= 4 is 11.9 Å². The van der Waals surface area contributed by atoms with Crippen molar-refractivity contribution in [1.82, 2.24) is 5.32 Å². The van der Waals surface area contributed by atoms with Gasteiger partial charge in [-0.25, -0.2) is 4.79 Å². The third-order valence-corrected chi connectivity index (χ3v) is 1.36. The van der Waals surface area contributed by atoms with Crippen molar-refractivity contribution in [2.45, 2.75) is 32.1 Å². The summed E-state index contributed by atoms with van der Waals surface area (Å²) < 4.78 is 0. The molecule has 0 rings (SSSR count). The molecule has 1 amide bonds. The molecule has 0 saturated carbocycles. The lowest BCUT2D eigenvalue weighted by Gasteiger charge is -2.15. The highest BCUT2D eigenvalue weighted by Gasteiger charge is 2.25. The number of carboxylic acids is 1. The molecule has 6 nitrogen and oxygen atoms in total. The average Bonchev–Trinajstić information content (AvgIpc) is 1.99. The second-order valence-corrected chi connectivity index (χ2v) is 2.55. The van der Waals surface area contributed by atoms with Gasteiger partial charge in [0.05, 0.1) is 0 Å². The summed E-state index contributed by atoms with van der Waals surface area (Å²) in [6.07, 6.45) is -1.35. The Labute approximate surface area is 75.2 Å². The molecule has 13 heavy (non-hydrogen) atoms. The molecular formula is C7H13NO5. The van der Waals surface area contributed by atoms with Crippen LogP contribution in [0.3, 0.4) is 0 Å². The zero-order valence-corrected chi connectivity index (χ0v) is 7.23. The van der Waals surface area contributed by atoms with Gasteiger partial charge in [-0.05, 0) is 6.42 Å². The Hall–Kier alpha value is -1.14. The zero-order chi connectivity index (χ0) is 10.4. The minimum absolute atomic E-state index is 0.163. The van der Waals surface area contributed by atoms with Gasteiger partial charge >= 0.3 is 5.97 Å². The lowest BCUT2D eigenvalue weighted by atomic mass is 10.2. The Morgan fingerprint density at radius 2 is 1.92 bits per heavy atom. The lowest BCUT2D eigenvalue weighted by molar-refractivity contribution is -0.155. The fraction of sp³-hybridized carbons (Fsp3) is 0.714. The van der Waals surface area contributed by atoms with Crippen LogP contribution in [0.4, 0.5) is 0 Å². The van der Waals surface area contributed by atoms with Crippen molar-refractivity contribution in [3.63, 3.8) is 0 Å². The van der Waals surface area contributed by atoms with Crippen molar-refractivity contribution in [2.24, 2.45) is 0 Å². The maximum Gasteiger partial charge on any atom is 0.331 e. The third-order valence-electron chi connectivity index (χ3n) is 1.36. The van der Waals surface area contributed by atoms with Gasteiger partial charge in [-0.2, -0.15) is 0 Å². The van der Waals surface area contributed by atoms with Crippen LogP contribution in [0.5, 0.6) is 0 Å². The van der Waals surface area contributed by atoms with Gasteiger partial charge in [0.1, 0.15) is 0 Å². The van der Waals surface area contributed by atoms with Gasteiger partial charge in [-0.3, -0.25) is 4.79 Å². The molecule has 0 aliphatic heterocycles. The lowest BCUT2D eigenvalue weighted by Crippen LogP contribution is -2.48. The summed E-state index contributed by atoms with van der Waals surface area (Å²) in [5, 5.41) is 27.5. The highest BCUT2D eigenvalue weighted by Crippen LogP contribution is 1.93. The Kier molecular flexibility index (Phi) is 5.01. The van der Waals surface area contributed by atoms with E-state index in [1.807, 2.05) is 5.32 Å². The normalized spacial score (nSPS) is 12.6. The number of aliphatic carboxylic acids is 1. The summed E-state index contributed by atoms with van der Waals surface area (Å²) in [5.41, 5.74) is 0. The van der Waals surface area contributed by atoms with Crippen LogP contribution in [0.2, 0.25) is 0 Å². The van der Waals surface area contributed by atoms with E-state index in [4.69, 9.17) is 15.3 Å². The molecule has 0 saturated heterocycles. The molecule has 6 heteroatoms. The molecule has 76 valence electrons. The van der Waals surface area contributed by atoms with Crippen LogP contribution in [0.15, 0.2) is 0 Å². The number of hydrogen-bond acceptors (Lipinski definition) is 4. The van der Waals surface area contributed by atoms with Gasteiger partial charge in [-0.15, -0.1) is 0 Å². The van der Waals surface area contributed by atoms with E-state index in [9.17, 15) is 9.59 Å². The fourth-order valence-corrected chi connectivity index (χ4v) is 0.736. The molecule has 0 aromatic heterocycles. The van der Waals surface area contributed by atoms with Crippen LogP contribution in [0.1, 0.15) is 19.8 Å². The summed E-state index contributed by atoms with van der Waals surface area (Å²) in [7, 11) is 0. The largest absolute Gasteiger partial charge is 0.480 e. The van der Waals surface area contributed by atoms with Crippen LogP contribution in [0.25, 0.3) is 0 Å². The molecule has 1 atom stereocenters. The number of carbonyl (C=O) groups excluding carboxylic acids is 1. The number of amides is 1. The SMILES string of the molecule is CCCC(=O)NC(C(=O)O)C(O)O. The third kappa shape index (κ3) is 4.44. The summed E-state index contributed by atoms with van der Waals surface area (Å²) in [6, 6.07) is -1.65. The molecule has 0 radical (unpaired) electrons. The first-order valence-corrected chi connectivity index (χ1v) is 3.87. The predicted octanol–water partition coefficient (Wildman–Crippen LogP) is -1.33. The van der Waals surface area contributed by atoms with Crippen LogP contribution >= 0.6 is 0 Å². The first kappa shape index (κ1) is 11.9. The smallest absolute Gasteiger partial charge is 0.331 e. The van der Waals surface area contributed by atoms with Gasteiger partial charge in [0, 0.05) is 6.42 Å². The van der Waals surface area contributed by atoms with E-state index >= 15 is 0 Å². The molecule has 0 fully saturated rings. The molecule has 0 heterocycles. The number of rotatable bonds is 5. The first-order valence-electron chi connectivity index (χ1n) is 3.87. The zero-order valence-electron chi connectivity index (χ0n) is 7.23. The highest BCUT2D eigenvalue weighted by atomic mass is 16.5. The van der Waals surface area contributed by atoms with Crippen molar-refractivity contribution in [1.29, 1.82) is 0 Å². The second kappa shape index (κ2) is 5.50. The minimum atomic E-state index is -2.08. The number of carbonyl (C=O) groups is 2. The van der Waals surface area contributed by atoms with E-state index < -0.39 is 24.2 Å². The van der Waals surface area contributed by atoms with Gasteiger partial charge in [0.2, 0.25) is 5.91 Å². The summed E-state index contributed by atoms with van der Waals surface area (Å²) in [5.74, 6) is -1.98. The molecule has 0 spiro atoms. The van der Waals surface area contributed by atoms with E-state index in [1.165, 1.54) is 0 Å². The van der Waals surface area contributed by atoms with Crippen LogP contribution < -0.4 is 5.32 Å². The van der Waals surface area contributed by atoms with Crippen LogP contribution in [0, 0.1) is 0 Å². The number of nitrogens with one attached hydrogen (secondary N) is 1. The number of aliphatic hydroxyl groups excluding tert-OH is 1. The monoisotopic (exact) mass is 191 g/mol. The van der Waals surface area contributed by atoms with Crippen LogP contribution in [-0.4, -0.2) is 39.5 Å². The predicted molar refractivity (Wildman–Crippen MR) is 42.7 cm³/mol. The van der Waals surface area contributed by atoms with Crippen molar-refractivity contribution in [2.75, 3.05) is 0 Å².